The lowest BCUT2D eigenvalue weighted by atomic mass is 10.1. The lowest BCUT2D eigenvalue weighted by Gasteiger charge is -2.20. The minimum Gasteiger partial charge on any atom is -0.431 e. The summed E-state index contributed by atoms with van der Waals surface area (Å²) >= 11 is 7.03. The minimum absolute atomic E-state index is 0.348. The molecule has 2 rings (SSSR count). The highest BCUT2D eigenvalue weighted by atomic mass is 35.5. The number of halogens is 1. The van der Waals surface area contributed by atoms with Crippen LogP contribution in [0.3, 0.4) is 0 Å². The van der Waals surface area contributed by atoms with E-state index < -0.39 is 22.7 Å². The van der Waals surface area contributed by atoms with Gasteiger partial charge in [0.15, 0.2) is 5.58 Å². The summed E-state index contributed by atoms with van der Waals surface area (Å²) < 4.78 is 5.54. The first-order valence-corrected chi connectivity index (χ1v) is 8.25. The molecular formula is C15H18ClN3O3S. The Bertz CT molecular complexity index is 739. The number of thioether (sulfide) groups is 1. The molecule has 3 amide bonds. The average molecular weight is 356 g/mol. The average Bonchev–Trinajstić information content (AvgIpc) is 2.77. The number of fused-ring (bicyclic) bond motifs is 1. The van der Waals surface area contributed by atoms with E-state index in [4.69, 9.17) is 16.0 Å². The maximum atomic E-state index is 12.0. The molecular weight excluding hydrogens is 338 g/mol. The third-order valence-corrected chi connectivity index (χ3v) is 3.88. The number of hydrogen-bond donors (Lipinski definition) is 2. The zero-order valence-corrected chi connectivity index (χ0v) is 14.8. The molecule has 1 unspecified atom stereocenters. The van der Waals surface area contributed by atoms with E-state index in [-0.39, 0.29) is 0 Å². The molecule has 2 N–H and O–H groups in total. The molecule has 8 heteroatoms. The van der Waals surface area contributed by atoms with Crippen LogP contribution in [0.4, 0.5) is 4.79 Å². The number of imide groups is 1. The van der Waals surface area contributed by atoms with E-state index >= 15 is 0 Å². The SMILES string of the molecule is CC(Sc1nc2cc(Cl)ccc2o1)C(=O)NC(=O)NC(C)(C)C. The summed E-state index contributed by atoms with van der Waals surface area (Å²) in [6.45, 7) is 7.17. The highest BCUT2D eigenvalue weighted by Gasteiger charge is 2.22. The van der Waals surface area contributed by atoms with E-state index in [0.717, 1.165) is 11.8 Å². The summed E-state index contributed by atoms with van der Waals surface area (Å²) in [7, 11) is 0. The molecule has 6 nitrogen and oxygen atoms in total. The van der Waals surface area contributed by atoms with E-state index in [1.165, 1.54) is 0 Å². The van der Waals surface area contributed by atoms with Crippen LogP contribution < -0.4 is 10.6 Å². The summed E-state index contributed by atoms with van der Waals surface area (Å²) in [5.41, 5.74) is 0.799. The van der Waals surface area contributed by atoms with E-state index in [9.17, 15) is 9.59 Å². The first kappa shape index (κ1) is 17.6. The number of carbonyl (C=O) groups is 2. The molecule has 0 aliphatic carbocycles. The molecule has 124 valence electrons. The number of nitrogens with one attached hydrogen (secondary N) is 2. The van der Waals surface area contributed by atoms with E-state index in [1.54, 1.807) is 25.1 Å². The van der Waals surface area contributed by atoms with Crippen LogP contribution in [0.25, 0.3) is 11.1 Å². The Morgan fingerprint density at radius 2 is 2.04 bits per heavy atom. The summed E-state index contributed by atoms with van der Waals surface area (Å²) in [6, 6.07) is 4.58. The van der Waals surface area contributed by atoms with Crippen molar-refractivity contribution < 1.29 is 14.0 Å². The lowest BCUT2D eigenvalue weighted by molar-refractivity contribution is -0.119. The van der Waals surface area contributed by atoms with Gasteiger partial charge in [0, 0.05) is 10.6 Å². The van der Waals surface area contributed by atoms with Crippen molar-refractivity contribution in [2.45, 2.75) is 43.7 Å². The van der Waals surface area contributed by atoms with Crippen molar-refractivity contribution in [3.05, 3.63) is 23.2 Å². The van der Waals surface area contributed by atoms with Gasteiger partial charge < -0.3 is 9.73 Å². The molecule has 0 spiro atoms. The van der Waals surface area contributed by atoms with Gasteiger partial charge in [-0.3, -0.25) is 10.1 Å². The zero-order chi connectivity index (χ0) is 17.2. The van der Waals surface area contributed by atoms with Crippen LogP contribution in [0.5, 0.6) is 0 Å². The first-order valence-electron chi connectivity index (χ1n) is 7.00. The number of amides is 3. The van der Waals surface area contributed by atoms with Crippen LogP contribution in [0.15, 0.2) is 27.8 Å². The van der Waals surface area contributed by atoms with Crippen LogP contribution in [-0.4, -0.2) is 27.7 Å². The molecule has 0 aliphatic rings. The zero-order valence-electron chi connectivity index (χ0n) is 13.3. The Hall–Kier alpha value is -1.73. The number of rotatable bonds is 3. The molecule has 0 aliphatic heterocycles. The molecule has 0 bridgehead atoms. The van der Waals surface area contributed by atoms with Crippen LogP contribution in [0, 0.1) is 0 Å². The van der Waals surface area contributed by atoms with Crippen molar-refractivity contribution in [1.29, 1.82) is 0 Å². The third kappa shape index (κ3) is 5.14. The van der Waals surface area contributed by atoms with Crippen LogP contribution in [-0.2, 0) is 4.79 Å². The second-order valence-corrected chi connectivity index (χ2v) is 7.77. The number of oxazole rings is 1. The lowest BCUT2D eigenvalue weighted by Crippen LogP contribution is -2.49. The molecule has 0 fully saturated rings. The number of benzene rings is 1. The normalized spacial score (nSPS) is 12.9. The third-order valence-electron chi connectivity index (χ3n) is 2.70. The fourth-order valence-electron chi connectivity index (χ4n) is 1.72. The number of nitrogens with zero attached hydrogens (tertiary/aromatic N) is 1. The van der Waals surface area contributed by atoms with Gasteiger partial charge in [-0.25, -0.2) is 9.78 Å². The molecule has 1 aromatic heterocycles. The van der Waals surface area contributed by atoms with Gasteiger partial charge in [-0.05, 0) is 45.9 Å². The van der Waals surface area contributed by atoms with E-state index in [2.05, 4.69) is 15.6 Å². The van der Waals surface area contributed by atoms with Crippen molar-refractivity contribution in [3.8, 4) is 0 Å². The molecule has 0 saturated carbocycles. The monoisotopic (exact) mass is 355 g/mol. The van der Waals surface area contributed by atoms with Crippen molar-refractivity contribution in [3.63, 3.8) is 0 Å². The maximum Gasteiger partial charge on any atom is 0.321 e. The Labute approximate surface area is 143 Å². The second kappa shape index (κ2) is 6.80. The predicted octanol–water partition coefficient (Wildman–Crippen LogP) is 3.59. The fraction of sp³-hybridized carbons (Fsp3) is 0.400. The molecule has 23 heavy (non-hydrogen) atoms. The quantitative estimate of drug-likeness (QED) is 0.822. The number of carbonyl (C=O) groups excluding carboxylic acids is 2. The summed E-state index contributed by atoms with van der Waals surface area (Å²) in [6.07, 6.45) is 0. The van der Waals surface area contributed by atoms with Gasteiger partial charge in [-0.15, -0.1) is 0 Å². The Morgan fingerprint density at radius 1 is 1.35 bits per heavy atom. The van der Waals surface area contributed by atoms with Crippen LogP contribution in [0.2, 0.25) is 5.02 Å². The van der Waals surface area contributed by atoms with Gasteiger partial charge in [-0.1, -0.05) is 23.4 Å². The predicted molar refractivity (Wildman–Crippen MR) is 90.8 cm³/mol. The minimum atomic E-state index is -0.538. The molecule has 1 atom stereocenters. The van der Waals surface area contributed by atoms with Crippen LogP contribution in [0.1, 0.15) is 27.7 Å². The van der Waals surface area contributed by atoms with Gasteiger partial charge >= 0.3 is 6.03 Å². The summed E-state index contributed by atoms with van der Waals surface area (Å²) in [5.74, 6) is -0.419. The molecule has 0 radical (unpaired) electrons. The van der Waals surface area contributed by atoms with Gasteiger partial charge in [0.2, 0.25) is 5.91 Å². The van der Waals surface area contributed by atoms with Crippen molar-refractivity contribution in [1.82, 2.24) is 15.6 Å². The smallest absolute Gasteiger partial charge is 0.321 e. The standard InChI is InChI=1S/C15H18ClN3O3S/c1-8(12(20)18-13(21)19-15(2,3)4)23-14-17-10-7-9(16)5-6-11(10)22-14/h5-8H,1-4H3,(H2,18,19,20,21). The topological polar surface area (TPSA) is 84.2 Å². The molecule has 1 heterocycles. The molecule has 2 aromatic rings. The van der Waals surface area contributed by atoms with Crippen LogP contribution >= 0.6 is 23.4 Å². The highest BCUT2D eigenvalue weighted by Crippen LogP contribution is 2.28. The Morgan fingerprint density at radius 3 is 2.70 bits per heavy atom. The number of aromatic nitrogens is 1. The Balaban J connectivity index is 1.98. The molecule has 1 aromatic carbocycles. The summed E-state index contributed by atoms with van der Waals surface area (Å²) in [4.78, 5) is 28.0. The van der Waals surface area contributed by atoms with E-state index in [1.807, 2.05) is 20.8 Å². The highest BCUT2D eigenvalue weighted by molar-refractivity contribution is 8.00. The number of urea groups is 1. The van der Waals surface area contributed by atoms with E-state index in [0.29, 0.717) is 21.3 Å². The maximum absolute atomic E-state index is 12.0. The van der Waals surface area contributed by atoms with Gasteiger partial charge in [-0.2, -0.15) is 0 Å². The van der Waals surface area contributed by atoms with Crippen molar-refractivity contribution >= 4 is 46.4 Å². The van der Waals surface area contributed by atoms with Gasteiger partial charge in [0.25, 0.3) is 5.22 Å². The van der Waals surface area contributed by atoms with Gasteiger partial charge in [0.05, 0.1) is 5.25 Å². The number of hydrogen-bond acceptors (Lipinski definition) is 5. The Kier molecular flexibility index (Phi) is 5.21. The second-order valence-electron chi connectivity index (χ2n) is 6.05. The first-order chi connectivity index (χ1) is 10.6. The summed E-state index contributed by atoms with van der Waals surface area (Å²) in [5, 5.41) is 5.33. The van der Waals surface area contributed by atoms with Gasteiger partial charge in [0.1, 0.15) is 5.52 Å². The largest absolute Gasteiger partial charge is 0.431 e. The van der Waals surface area contributed by atoms with Crippen molar-refractivity contribution in [2.24, 2.45) is 0 Å². The molecule has 0 saturated heterocycles. The fourth-order valence-corrected chi connectivity index (χ4v) is 2.64. The van der Waals surface area contributed by atoms with Crippen molar-refractivity contribution in [2.75, 3.05) is 0 Å².